The molecule has 0 radical (unpaired) electrons. The van der Waals surface area contributed by atoms with Gasteiger partial charge < -0.3 is 16.0 Å². The quantitative estimate of drug-likeness (QED) is 0.748. The molecule has 3 rings (SSSR count). The molecule has 3 N–H and O–H groups in total. The summed E-state index contributed by atoms with van der Waals surface area (Å²) in [6, 6.07) is 10.7. The van der Waals surface area contributed by atoms with Crippen molar-refractivity contribution < 1.29 is 14.4 Å². The van der Waals surface area contributed by atoms with Crippen molar-refractivity contribution in [1.82, 2.24) is 10.6 Å². The minimum absolute atomic E-state index is 0.184. The van der Waals surface area contributed by atoms with Gasteiger partial charge in [-0.2, -0.15) is 0 Å². The van der Waals surface area contributed by atoms with Crippen LogP contribution < -0.4 is 16.0 Å². The molecule has 0 saturated heterocycles. The molecular weight excluding hydrogens is 377 g/mol. The van der Waals surface area contributed by atoms with Crippen LogP contribution in [-0.4, -0.2) is 23.8 Å². The SMILES string of the molecule is O=C(CC1NC(=O)c2ccccc2NC1=O)NCc1ccc(Cl)cc1Cl. The van der Waals surface area contributed by atoms with E-state index in [1.54, 1.807) is 42.5 Å². The number of para-hydroxylation sites is 1. The number of benzene rings is 2. The Hall–Kier alpha value is -2.57. The van der Waals surface area contributed by atoms with Crippen LogP contribution in [0, 0.1) is 0 Å². The van der Waals surface area contributed by atoms with Gasteiger partial charge in [0.15, 0.2) is 0 Å². The second kappa shape index (κ2) is 7.76. The van der Waals surface area contributed by atoms with Crippen LogP contribution in [0.15, 0.2) is 42.5 Å². The summed E-state index contributed by atoms with van der Waals surface area (Å²) in [4.78, 5) is 36.7. The Bertz CT molecular complexity index is 886. The van der Waals surface area contributed by atoms with Crippen molar-refractivity contribution in [3.05, 3.63) is 63.6 Å². The van der Waals surface area contributed by atoms with Crippen LogP contribution in [0.1, 0.15) is 22.3 Å². The Kier molecular flexibility index (Phi) is 5.44. The van der Waals surface area contributed by atoms with Gasteiger partial charge in [-0.05, 0) is 29.8 Å². The Morgan fingerprint density at radius 2 is 1.88 bits per heavy atom. The monoisotopic (exact) mass is 391 g/mol. The van der Waals surface area contributed by atoms with Crippen molar-refractivity contribution in [3.63, 3.8) is 0 Å². The van der Waals surface area contributed by atoms with Crippen molar-refractivity contribution in [2.45, 2.75) is 19.0 Å². The van der Waals surface area contributed by atoms with Crippen molar-refractivity contribution in [1.29, 1.82) is 0 Å². The molecule has 1 aliphatic rings. The highest BCUT2D eigenvalue weighted by Gasteiger charge is 2.29. The van der Waals surface area contributed by atoms with Crippen LogP contribution in [0.3, 0.4) is 0 Å². The van der Waals surface area contributed by atoms with Crippen molar-refractivity contribution in [2.75, 3.05) is 5.32 Å². The van der Waals surface area contributed by atoms with E-state index in [-0.39, 0.29) is 18.9 Å². The van der Waals surface area contributed by atoms with E-state index in [4.69, 9.17) is 23.2 Å². The maximum atomic E-state index is 12.3. The number of nitrogens with one attached hydrogen (secondary N) is 3. The molecule has 2 aromatic rings. The molecule has 8 heteroatoms. The number of anilines is 1. The van der Waals surface area contributed by atoms with E-state index < -0.39 is 17.9 Å². The molecule has 3 amide bonds. The van der Waals surface area contributed by atoms with E-state index in [0.717, 1.165) is 0 Å². The van der Waals surface area contributed by atoms with Gasteiger partial charge in [-0.1, -0.05) is 41.4 Å². The Morgan fingerprint density at radius 3 is 2.65 bits per heavy atom. The van der Waals surface area contributed by atoms with Crippen LogP contribution in [0.4, 0.5) is 5.69 Å². The first kappa shape index (κ1) is 18.2. The zero-order chi connectivity index (χ0) is 18.7. The molecule has 1 heterocycles. The smallest absolute Gasteiger partial charge is 0.254 e. The number of rotatable bonds is 4. The van der Waals surface area contributed by atoms with Crippen LogP contribution in [0.2, 0.25) is 10.0 Å². The lowest BCUT2D eigenvalue weighted by atomic mass is 10.1. The minimum Gasteiger partial charge on any atom is -0.352 e. The highest BCUT2D eigenvalue weighted by molar-refractivity contribution is 6.35. The second-order valence-electron chi connectivity index (χ2n) is 5.78. The summed E-state index contributed by atoms with van der Waals surface area (Å²) >= 11 is 11.9. The van der Waals surface area contributed by atoms with Gasteiger partial charge in [0.25, 0.3) is 5.91 Å². The molecule has 0 aliphatic carbocycles. The minimum atomic E-state index is -0.962. The van der Waals surface area contributed by atoms with E-state index in [1.165, 1.54) is 0 Å². The maximum Gasteiger partial charge on any atom is 0.254 e. The number of amides is 3. The summed E-state index contributed by atoms with van der Waals surface area (Å²) < 4.78 is 0. The number of carbonyl (C=O) groups excluding carboxylic acids is 3. The molecule has 0 bridgehead atoms. The lowest BCUT2D eigenvalue weighted by Crippen LogP contribution is -2.44. The first-order chi connectivity index (χ1) is 12.4. The molecule has 6 nitrogen and oxygen atoms in total. The fraction of sp³-hybridized carbons (Fsp3) is 0.167. The summed E-state index contributed by atoms with van der Waals surface area (Å²) in [6.45, 7) is 0.192. The Morgan fingerprint density at radius 1 is 1.12 bits per heavy atom. The van der Waals surface area contributed by atoms with Crippen molar-refractivity contribution >= 4 is 46.6 Å². The third-order valence-corrected chi connectivity index (χ3v) is 4.52. The highest BCUT2D eigenvalue weighted by atomic mass is 35.5. The molecule has 0 spiro atoms. The van der Waals surface area contributed by atoms with Crippen LogP contribution >= 0.6 is 23.2 Å². The largest absolute Gasteiger partial charge is 0.352 e. The number of hydrogen-bond donors (Lipinski definition) is 3. The third-order valence-electron chi connectivity index (χ3n) is 3.93. The number of fused-ring (bicyclic) bond motifs is 1. The van der Waals surface area contributed by atoms with E-state index in [0.29, 0.717) is 26.9 Å². The van der Waals surface area contributed by atoms with E-state index in [9.17, 15) is 14.4 Å². The van der Waals surface area contributed by atoms with E-state index in [1.807, 2.05) is 0 Å². The van der Waals surface area contributed by atoms with Gasteiger partial charge in [-0.25, -0.2) is 0 Å². The summed E-state index contributed by atoms with van der Waals surface area (Å²) in [5.41, 5.74) is 1.48. The number of hydrogen-bond acceptors (Lipinski definition) is 3. The Labute approximate surface area is 159 Å². The molecule has 1 atom stereocenters. The molecule has 134 valence electrons. The fourth-order valence-electron chi connectivity index (χ4n) is 2.57. The van der Waals surface area contributed by atoms with Gasteiger partial charge in [0.2, 0.25) is 11.8 Å². The normalized spacial score (nSPS) is 16.2. The third kappa shape index (κ3) is 4.15. The molecule has 26 heavy (non-hydrogen) atoms. The zero-order valence-electron chi connectivity index (χ0n) is 13.5. The fourth-order valence-corrected chi connectivity index (χ4v) is 3.05. The predicted molar refractivity (Wildman–Crippen MR) is 99.3 cm³/mol. The molecule has 1 aliphatic heterocycles. The standard InChI is InChI=1S/C18H15Cl2N3O3/c19-11-6-5-10(13(20)7-11)9-21-16(24)8-15-18(26)22-14-4-2-1-3-12(14)17(25)23-15/h1-7,15H,8-9H2,(H,21,24)(H,22,26)(H,23,25). The predicted octanol–water partition coefficient (Wildman–Crippen LogP) is 2.75. The first-order valence-corrected chi connectivity index (χ1v) is 8.61. The van der Waals surface area contributed by atoms with Gasteiger partial charge in [0.1, 0.15) is 6.04 Å². The Balaban J connectivity index is 1.62. The summed E-state index contributed by atoms with van der Waals surface area (Å²) in [5.74, 6) is -1.23. The molecular formula is C18H15Cl2N3O3. The topological polar surface area (TPSA) is 87.3 Å². The average Bonchev–Trinajstić information content (AvgIpc) is 2.71. The molecule has 0 saturated carbocycles. The van der Waals surface area contributed by atoms with E-state index >= 15 is 0 Å². The molecule has 2 aromatic carbocycles. The van der Waals surface area contributed by atoms with Gasteiger partial charge in [0.05, 0.1) is 17.7 Å². The first-order valence-electron chi connectivity index (χ1n) is 7.85. The molecule has 0 aromatic heterocycles. The van der Waals surface area contributed by atoms with Crippen LogP contribution in [0.25, 0.3) is 0 Å². The van der Waals surface area contributed by atoms with Gasteiger partial charge in [-0.3, -0.25) is 14.4 Å². The number of carbonyl (C=O) groups is 3. The van der Waals surface area contributed by atoms with Gasteiger partial charge in [0, 0.05) is 16.6 Å². The lowest BCUT2D eigenvalue weighted by molar-refractivity contribution is -0.125. The summed E-state index contributed by atoms with van der Waals surface area (Å²) in [5, 5.41) is 8.86. The van der Waals surface area contributed by atoms with Crippen LogP contribution in [0.5, 0.6) is 0 Å². The van der Waals surface area contributed by atoms with Gasteiger partial charge in [-0.15, -0.1) is 0 Å². The summed E-state index contributed by atoms with van der Waals surface area (Å²) in [6.07, 6.45) is -0.184. The summed E-state index contributed by atoms with van der Waals surface area (Å²) in [7, 11) is 0. The second-order valence-corrected chi connectivity index (χ2v) is 6.62. The number of halogens is 2. The zero-order valence-corrected chi connectivity index (χ0v) is 15.0. The van der Waals surface area contributed by atoms with Crippen molar-refractivity contribution in [3.8, 4) is 0 Å². The maximum absolute atomic E-state index is 12.3. The van der Waals surface area contributed by atoms with Crippen molar-refractivity contribution in [2.24, 2.45) is 0 Å². The molecule has 1 unspecified atom stereocenters. The lowest BCUT2D eigenvalue weighted by Gasteiger charge is -2.14. The van der Waals surface area contributed by atoms with E-state index in [2.05, 4.69) is 16.0 Å². The highest BCUT2D eigenvalue weighted by Crippen LogP contribution is 2.21. The average molecular weight is 392 g/mol. The van der Waals surface area contributed by atoms with Crippen LogP contribution in [-0.2, 0) is 16.1 Å². The molecule has 0 fully saturated rings. The van der Waals surface area contributed by atoms with Gasteiger partial charge >= 0.3 is 0 Å².